The summed E-state index contributed by atoms with van der Waals surface area (Å²) < 4.78 is 22.5. The van der Waals surface area contributed by atoms with Crippen LogP contribution in [0, 0.1) is 0 Å². The van der Waals surface area contributed by atoms with E-state index in [2.05, 4.69) is 5.32 Å². The minimum absolute atomic E-state index is 0. The van der Waals surface area contributed by atoms with Gasteiger partial charge in [0.15, 0.2) is 12.6 Å². The molecule has 0 aromatic carbocycles. The molecule has 18 nitrogen and oxygen atoms in total. The van der Waals surface area contributed by atoms with Crippen LogP contribution in [0.5, 0.6) is 0 Å². The van der Waals surface area contributed by atoms with Gasteiger partial charge in [-0.2, -0.15) is 0 Å². The molecule has 41 heavy (non-hydrogen) atoms. The maximum atomic E-state index is 12.6. The van der Waals surface area contributed by atoms with E-state index in [1.807, 2.05) is 0 Å². The SMILES string of the molecule is Cl.NCCC(O)C(=O)N[C@@H]1C[C@H](N)[C@@H](O[C@H]2O[C@H](CN)[C@@H](O)[C@H](O)[C@H]2O)[C@H](O)[C@H]1O[C@@H]1O[C@H](CO)[C@@H](O)[C@H](N)[C@H]1O. The molecule has 2 saturated heterocycles. The number of hydrogen-bond donors (Lipinski definition) is 13. The molecule has 17 N–H and O–H groups in total. The van der Waals surface area contributed by atoms with Gasteiger partial charge in [-0.05, 0) is 19.4 Å². The zero-order chi connectivity index (χ0) is 29.9. The molecule has 2 heterocycles. The molecule has 1 amide bonds. The average Bonchev–Trinajstić information content (AvgIpc) is 2.92. The van der Waals surface area contributed by atoms with Crippen molar-refractivity contribution in [2.45, 2.75) is 111 Å². The molecule has 1 saturated carbocycles. The molecule has 19 heteroatoms. The van der Waals surface area contributed by atoms with Crippen LogP contribution < -0.4 is 28.3 Å². The lowest BCUT2D eigenvalue weighted by molar-refractivity contribution is -0.332. The first kappa shape index (κ1) is 36.3. The molecule has 2 aliphatic heterocycles. The first-order valence-corrected chi connectivity index (χ1v) is 13.1. The van der Waals surface area contributed by atoms with Crippen molar-refractivity contribution in [1.29, 1.82) is 0 Å². The van der Waals surface area contributed by atoms with Crippen LogP contribution in [-0.2, 0) is 23.7 Å². The number of rotatable bonds is 10. The second-order valence-electron chi connectivity index (χ2n) is 10.3. The highest BCUT2D eigenvalue weighted by Gasteiger charge is 2.52. The first-order chi connectivity index (χ1) is 18.9. The van der Waals surface area contributed by atoms with Crippen LogP contribution in [0.2, 0.25) is 0 Å². The molecule has 0 radical (unpaired) electrons. The highest BCUT2D eigenvalue weighted by molar-refractivity contribution is 5.85. The maximum Gasteiger partial charge on any atom is 0.249 e. The van der Waals surface area contributed by atoms with Gasteiger partial charge in [0.1, 0.15) is 67.1 Å². The Morgan fingerprint density at radius 2 is 1.44 bits per heavy atom. The third kappa shape index (κ3) is 7.99. The van der Waals surface area contributed by atoms with Crippen molar-refractivity contribution in [1.82, 2.24) is 5.32 Å². The smallest absolute Gasteiger partial charge is 0.249 e. The van der Waals surface area contributed by atoms with E-state index in [4.69, 9.17) is 41.9 Å². The molecule has 0 spiro atoms. The Morgan fingerprint density at radius 1 is 0.854 bits per heavy atom. The average molecular weight is 622 g/mol. The minimum Gasteiger partial charge on any atom is -0.394 e. The van der Waals surface area contributed by atoms with Crippen LogP contribution in [0.15, 0.2) is 0 Å². The summed E-state index contributed by atoms with van der Waals surface area (Å²) in [6.07, 6.45) is -19.8. The third-order valence-corrected chi connectivity index (χ3v) is 7.51. The van der Waals surface area contributed by atoms with E-state index in [1.165, 1.54) is 0 Å². The van der Waals surface area contributed by atoms with E-state index in [1.54, 1.807) is 0 Å². The zero-order valence-corrected chi connectivity index (χ0v) is 22.9. The summed E-state index contributed by atoms with van der Waals surface area (Å²) in [5.74, 6) is -0.845. The fourth-order valence-corrected chi connectivity index (χ4v) is 5.07. The van der Waals surface area contributed by atoms with Gasteiger partial charge in [0.05, 0.1) is 18.7 Å². The van der Waals surface area contributed by atoms with E-state index < -0.39 is 110 Å². The Labute approximate surface area is 241 Å². The van der Waals surface area contributed by atoms with Gasteiger partial charge < -0.3 is 88.1 Å². The number of aliphatic hydroxyl groups is 8. The summed E-state index contributed by atoms with van der Waals surface area (Å²) in [7, 11) is 0. The Hall–Kier alpha value is -0.880. The summed E-state index contributed by atoms with van der Waals surface area (Å²) in [5.41, 5.74) is 23.1. The van der Waals surface area contributed by atoms with E-state index in [0.29, 0.717) is 0 Å². The summed E-state index contributed by atoms with van der Waals surface area (Å²) >= 11 is 0. The second-order valence-corrected chi connectivity index (χ2v) is 10.3. The Morgan fingerprint density at radius 3 is 2.02 bits per heavy atom. The lowest BCUT2D eigenvalue weighted by atomic mass is 9.83. The maximum absolute atomic E-state index is 12.6. The first-order valence-electron chi connectivity index (χ1n) is 13.1. The number of nitrogens with one attached hydrogen (secondary N) is 1. The topological polar surface area (TPSA) is 332 Å². The lowest BCUT2D eigenvalue weighted by Crippen LogP contribution is -2.69. The second kappa shape index (κ2) is 15.7. The largest absolute Gasteiger partial charge is 0.394 e. The summed E-state index contributed by atoms with van der Waals surface area (Å²) in [5, 5.41) is 84.9. The van der Waals surface area contributed by atoms with Crippen LogP contribution in [0.25, 0.3) is 0 Å². The Kier molecular flexibility index (Phi) is 13.9. The fourth-order valence-electron chi connectivity index (χ4n) is 5.07. The van der Waals surface area contributed by atoms with E-state index in [0.717, 1.165) is 0 Å². The molecule has 1 aliphatic carbocycles. The molecule has 3 rings (SSSR count). The molecule has 0 aromatic rings. The van der Waals surface area contributed by atoms with Gasteiger partial charge in [0.2, 0.25) is 5.91 Å². The van der Waals surface area contributed by atoms with Crippen molar-refractivity contribution in [3.8, 4) is 0 Å². The molecular weight excluding hydrogens is 578 g/mol. The number of carbonyl (C=O) groups is 1. The van der Waals surface area contributed by atoms with Crippen LogP contribution >= 0.6 is 12.4 Å². The summed E-state index contributed by atoms with van der Waals surface area (Å²) in [6.45, 7) is -0.898. The van der Waals surface area contributed by atoms with Crippen LogP contribution in [0.4, 0.5) is 0 Å². The highest BCUT2D eigenvalue weighted by Crippen LogP contribution is 2.32. The van der Waals surface area contributed by atoms with Gasteiger partial charge in [0, 0.05) is 12.6 Å². The monoisotopic (exact) mass is 621 g/mol. The standard InChI is InChI=1S/C22H43N5O13.ClH/c23-2-1-8(29)20(36)27-7-3-6(25)18(39-22-16(34)15(33)13(31)9(4-24)37-22)17(35)19(7)40-21-14(32)11(26)12(30)10(5-28)38-21;/h6-19,21-22,28-35H,1-5,23-26H2,(H,27,36);1H/t6-,7+,8?,9+,10+,11-,12+,13+,14+,15-,16+,17-,18+,19-,21-,22+;/m0./s1. The highest BCUT2D eigenvalue weighted by atomic mass is 35.5. The fraction of sp³-hybridized carbons (Fsp3) is 0.955. The normalized spacial score (nSPS) is 45.9. The van der Waals surface area contributed by atoms with Gasteiger partial charge in [-0.1, -0.05) is 0 Å². The van der Waals surface area contributed by atoms with Crippen molar-refractivity contribution >= 4 is 18.3 Å². The van der Waals surface area contributed by atoms with Gasteiger partial charge in [0.25, 0.3) is 0 Å². The van der Waals surface area contributed by atoms with Crippen LogP contribution in [-0.4, -0.2) is 164 Å². The molecule has 0 bridgehead atoms. The third-order valence-electron chi connectivity index (χ3n) is 7.51. The number of hydrogen-bond acceptors (Lipinski definition) is 17. The van der Waals surface area contributed by atoms with Crippen molar-refractivity contribution in [2.24, 2.45) is 22.9 Å². The minimum atomic E-state index is -1.76. The van der Waals surface area contributed by atoms with Crippen LogP contribution in [0.1, 0.15) is 12.8 Å². The molecular formula is C22H44ClN5O13. The van der Waals surface area contributed by atoms with Gasteiger partial charge in [-0.25, -0.2) is 0 Å². The van der Waals surface area contributed by atoms with Crippen molar-refractivity contribution in [3.63, 3.8) is 0 Å². The Bertz CT molecular complexity index is 822. The molecule has 1 unspecified atom stereocenters. The number of aliphatic hydroxyl groups excluding tert-OH is 8. The van der Waals surface area contributed by atoms with Crippen molar-refractivity contribution in [3.05, 3.63) is 0 Å². The molecule has 16 atom stereocenters. The van der Waals surface area contributed by atoms with Gasteiger partial charge >= 0.3 is 0 Å². The molecule has 3 aliphatic rings. The van der Waals surface area contributed by atoms with Crippen LogP contribution in [0.3, 0.4) is 0 Å². The van der Waals surface area contributed by atoms with Gasteiger partial charge in [-0.3, -0.25) is 4.79 Å². The molecule has 3 fully saturated rings. The number of carbonyl (C=O) groups excluding carboxylic acids is 1. The predicted octanol–water partition coefficient (Wildman–Crippen LogP) is -8.00. The lowest BCUT2D eigenvalue weighted by Gasteiger charge is -2.49. The number of nitrogens with two attached hydrogens (primary N) is 4. The summed E-state index contributed by atoms with van der Waals surface area (Å²) in [6, 6.07) is -3.45. The number of ether oxygens (including phenoxy) is 4. The van der Waals surface area contributed by atoms with Crippen molar-refractivity contribution in [2.75, 3.05) is 19.7 Å². The van der Waals surface area contributed by atoms with E-state index in [9.17, 15) is 45.6 Å². The van der Waals surface area contributed by atoms with E-state index >= 15 is 0 Å². The quantitative estimate of drug-likeness (QED) is 0.108. The zero-order valence-electron chi connectivity index (χ0n) is 22.1. The predicted molar refractivity (Wildman–Crippen MR) is 139 cm³/mol. The van der Waals surface area contributed by atoms with Gasteiger partial charge in [-0.15, -0.1) is 12.4 Å². The Balaban J connectivity index is 0.00000588. The van der Waals surface area contributed by atoms with E-state index in [-0.39, 0.29) is 38.3 Å². The number of halogens is 1. The molecule has 0 aromatic heterocycles. The molecule has 242 valence electrons. The summed E-state index contributed by atoms with van der Waals surface area (Å²) in [4.78, 5) is 12.6. The number of amides is 1. The van der Waals surface area contributed by atoms with Crippen molar-refractivity contribution < 1.29 is 64.6 Å².